The highest BCUT2D eigenvalue weighted by atomic mass is 35.5. The molecule has 5 heteroatoms. The van der Waals surface area contributed by atoms with Crippen molar-refractivity contribution >= 4 is 23.2 Å². The van der Waals surface area contributed by atoms with Crippen molar-refractivity contribution in [3.63, 3.8) is 0 Å². The largest absolute Gasteiger partial charge is 0.382 e. The van der Waals surface area contributed by atoms with Crippen LogP contribution >= 0.6 is 23.2 Å². The van der Waals surface area contributed by atoms with Gasteiger partial charge in [0.1, 0.15) is 5.60 Å². The summed E-state index contributed by atoms with van der Waals surface area (Å²) < 4.78 is 5.84. The molecule has 1 heterocycles. The number of benzene rings is 1. The Bertz CT molecular complexity index is 656. The molecule has 0 saturated carbocycles. The van der Waals surface area contributed by atoms with Crippen molar-refractivity contribution in [2.75, 3.05) is 6.61 Å². The van der Waals surface area contributed by atoms with Gasteiger partial charge in [0.15, 0.2) is 0 Å². The van der Waals surface area contributed by atoms with Crippen molar-refractivity contribution in [3.05, 3.63) is 63.9 Å². The molecule has 1 aromatic carbocycles. The highest BCUT2D eigenvalue weighted by Gasteiger charge is 2.33. The first-order valence-electron chi connectivity index (χ1n) is 7.40. The van der Waals surface area contributed by atoms with Crippen LogP contribution in [0.3, 0.4) is 0 Å². The first-order valence-corrected chi connectivity index (χ1v) is 8.16. The van der Waals surface area contributed by atoms with E-state index in [0.717, 1.165) is 5.56 Å². The van der Waals surface area contributed by atoms with Gasteiger partial charge in [-0.3, -0.25) is 4.98 Å². The fraction of sp³-hybridized carbons (Fsp3) is 0.389. The molecule has 0 aliphatic heterocycles. The minimum Gasteiger partial charge on any atom is -0.382 e. The molecule has 0 aliphatic carbocycles. The van der Waals surface area contributed by atoms with Crippen LogP contribution in [0.1, 0.15) is 31.9 Å². The van der Waals surface area contributed by atoms with E-state index < -0.39 is 5.60 Å². The predicted molar refractivity (Wildman–Crippen MR) is 94.0 cm³/mol. The second-order valence-corrected chi connectivity index (χ2v) is 7.43. The van der Waals surface area contributed by atoms with Gasteiger partial charge in [-0.15, -0.1) is 0 Å². The van der Waals surface area contributed by atoms with Crippen LogP contribution in [-0.2, 0) is 16.8 Å². The van der Waals surface area contributed by atoms with E-state index in [1.807, 2.05) is 32.9 Å². The fourth-order valence-corrected chi connectivity index (χ4v) is 2.67. The van der Waals surface area contributed by atoms with Crippen LogP contribution in [0.4, 0.5) is 0 Å². The van der Waals surface area contributed by atoms with Gasteiger partial charge in [-0.2, -0.15) is 0 Å². The van der Waals surface area contributed by atoms with E-state index in [2.05, 4.69) is 4.98 Å². The highest BCUT2D eigenvalue weighted by Crippen LogP contribution is 2.31. The molecular formula is C18H21Cl2NO2. The molecule has 1 atom stereocenters. The Labute approximate surface area is 147 Å². The Hall–Kier alpha value is -1.13. The summed E-state index contributed by atoms with van der Waals surface area (Å²) in [4.78, 5) is 4.10. The molecule has 1 N–H and O–H groups in total. The quantitative estimate of drug-likeness (QED) is 0.851. The maximum Gasteiger partial charge on any atom is 0.118 e. The van der Waals surface area contributed by atoms with Crippen LogP contribution in [0.15, 0.2) is 42.7 Å². The summed E-state index contributed by atoms with van der Waals surface area (Å²) in [5.74, 6) is 0. The molecule has 1 unspecified atom stereocenters. The summed E-state index contributed by atoms with van der Waals surface area (Å²) in [6, 6.07) is 8.89. The number of halogens is 2. The van der Waals surface area contributed by atoms with E-state index in [1.165, 1.54) is 0 Å². The maximum atomic E-state index is 11.2. The molecule has 0 aliphatic rings. The van der Waals surface area contributed by atoms with Crippen molar-refractivity contribution in [2.24, 2.45) is 0 Å². The summed E-state index contributed by atoms with van der Waals surface area (Å²) in [7, 11) is 0. The Morgan fingerprint density at radius 2 is 1.91 bits per heavy atom. The number of hydrogen-bond donors (Lipinski definition) is 1. The topological polar surface area (TPSA) is 42.4 Å². The van der Waals surface area contributed by atoms with Gasteiger partial charge in [0.25, 0.3) is 0 Å². The average Bonchev–Trinajstić information content (AvgIpc) is 2.48. The second-order valence-electron chi connectivity index (χ2n) is 6.59. The molecule has 0 bridgehead atoms. The van der Waals surface area contributed by atoms with Gasteiger partial charge in [0.05, 0.1) is 12.2 Å². The van der Waals surface area contributed by atoms with E-state index in [1.54, 1.807) is 30.6 Å². The molecule has 23 heavy (non-hydrogen) atoms. The molecular weight excluding hydrogens is 333 g/mol. The van der Waals surface area contributed by atoms with Gasteiger partial charge >= 0.3 is 0 Å². The zero-order valence-corrected chi connectivity index (χ0v) is 15.0. The Kier molecular flexibility index (Phi) is 5.69. The summed E-state index contributed by atoms with van der Waals surface area (Å²) in [6.45, 7) is 5.99. The standard InChI is InChI=1S/C18H21Cl2NO2/c1-17(2,3)23-12-18(22,14-5-4-8-21-11-14)10-13-6-7-15(19)9-16(13)20/h4-9,11,22H,10,12H2,1-3H3. The van der Waals surface area contributed by atoms with Crippen LogP contribution in [0.5, 0.6) is 0 Å². The molecule has 1 aromatic heterocycles. The zero-order chi connectivity index (χ0) is 17.1. The average molecular weight is 354 g/mol. The van der Waals surface area contributed by atoms with Gasteiger partial charge in [-0.25, -0.2) is 0 Å². The van der Waals surface area contributed by atoms with Crippen molar-refractivity contribution in [2.45, 2.75) is 38.4 Å². The van der Waals surface area contributed by atoms with Crippen molar-refractivity contribution in [3.8, 4) is 0 Å². The Morgan fingerprint density at radius 1 is 1.17 bits per heavy atom. The van der Waals surface area contributed by atoms with Crippen LogP contribution in [0, 0.1) is 0 Å². The minimum absolute atomic E-state index is 0.140. The number of aliphatic hydroxyl groups is 1. The van der Waals surface area contributed by atoms with Gasteiger partial charge in [0.2, 0.25) is 0 Å². The van der Waals surface area contributed by atoms with Crippen LogP contribution in [0.25, 0.3) is 0 Å². The Balaban J connectivity index is 2.33. The van der Waals surface area contributed by atoms with E-state index in [-0.39, 0.29) is 12.2 Å². The van der Waals surface area contributed by atoms with E-state index in [4.69, 9.17) is 27.9 Å². The maximum absolute atomic E-state index is 11.2. The molecule has 2 rings (SSSR count). The monoisotopic (exact) mass is 353 g/mol. The smallest absolute Gasteiger partial charge is 0.118 e. The lowest BCUT2D eigenvalue weighted by molar-refractivity contribution is -0.103. The predicted octanol–water partition coefficient (Wildman–Crippen LogP) is 4.63. The minimum atomic E-state index is -1.22. The molecule has 3 nitrogen and oxygen atoms in total. The third-order valence-corrected chi connectivity index (χ3v) is 4.03. The zero-order valence-electron chi connectivity index (χ0n) is 13.5. The summed E-state index contributed by atoms with van der Waals surface area (Å²) in [5.41, 5.74) is -0.0888. The van der Waals surface area contributed by atoms with Gasteiger partial charge < -0.3 is 9.84 Å². The lowest BCUT2D eigenvalue weighted by Gasteiger charge is -2.32. The van der Waals surface area contributed by atoms with Gasteiger partial charge in [-0.05, 0) is 44.5 Å². The van der Waals surface area contributed by atoms with Crippen LogP contribution < -0.4 is 0 Å². The molecule has 124 valence electrons. The van der Waals surface area contributed by atoms with Gasteiger partial charge in [-0.1, -0.05) is 35.3 Å². The third-order valence-electron chi connectivity index (χ3n) is 3.44. The number of nitrogens with zero attached hydrogens (tertiary/aromatic N) is 1. The van der Waals surface area contributed by atoms with Crippen LogP contribution in [-0.4, -0.2) is 22.3 Å². The van der Waals surface area contributed by atoms with E-state index in [0.29, 0.717) is 22.0 Å². The lowest BCUT2D eigenvalue weighted by Crippen LogP contribution is -2.38. The van der Waals surface area contributed by atoms with Gasteiger partial charge in [0, 0.05) is 34.4 Å². The van der Waals surface area contributed by atoms with Crippen molar-refractivity contribution in [1.29, 1.82) is 0 Å². The SMILES string of the molecule is CC(C)(C)OCC(O)(Cc1ccc(Cl)cc1Cl)c1cccnc1. The molecule has 0 spiro atoms. The number of aromatic nitrogens is 1. The number of hydrogen-bond acceptors (Lipinski definition) is 3. The summed E-state index contributed by atoms with van der Waals surface area (Å²) in [5, 5.41) is 12.3. The summed E-state index contributed by atoms with van der Waals surface area (Å²) in [6.07, 6.45) is 3.63. The van der Waals surface area contributed by atoms with Crippen molar-refractivity contribution < 1.29 is 9.84 Å². The fourth-order valence-electron chi connectivity index (χ4n) is 2.19. The Morgan fingerprint density at radius 3 is 2.48 bits per heavy atom. The molecule has 0 amide bonds. The first-order chi connectivity index (χ1) is 10.7. The molecule has 0 saturated heterocycles. The number of ether oxygens (including phenoxy) is 1. The lowest BCUT2D eigenvalue weighted by atomic mass is 9.88. The summed E-state index contributed by atoms with van der Waals surface area (Å²) >= 11 is 12.2. The van der Waals surface area contributed by atoms with E-state index >= 15 is 0 Å². The number of rotatable bonds is 5. The van der Waals surface area contributed by atoms with E-state index in [9.17, 15) is 5.11 Å². The molecule has 0 radical (unpaired) electrons. The second kappa shape index (κ2) is 7.18. The number of pyridine rings is 1. The third kappa shape index (κ3) is 5.18. The van der Waals surface area contributed by atoms with Crippen molar-refractivity contribution in [1.82, 2.24) is 4.98 Å². The first kappa shape index (κ1) is 18.2. The van der Waals surface area contributed by atoms with Crippen LogP contribution in [0.2, 0.25) is 10.0 Å². The highest BCUT2D eigenvalue weighted by molar-refractivity contribution is 6.35. The molecule has 2 aromatic rings. The normalized spacial score (nSPS) is 14.5. The molecule has 0 fully saturated rings.